The average molecular weight is 153 g/mol. The van der Waals surface area contributed by atoms with Gasteiger partial charge in [-0.05, 0) is 19.3 Å². The van der Waals surface area contributed by atoms with Gasteiger partial charge in [0.1, 0.15) is 0 Å². The first-order valence-corrected chi connectivity index (χ1v) is 4.41. The van der Waals surface area contributed by atoms with Crippen LogP contribution in [0.4, 0.5) is 0 Å². The molecule has 0 radical (unpaired) electrons. The fourth-order valence-corrected chi connectivity index (χ4v) is 0.879. The first-order chi connectivity index (χ1) is 5.22. The zero-order valence-electron chi connectivity index (χ0n) is 8.09. The predicted molar refractivity (Wildman–Crippen MR) is 52.0 cm³/mol. The van der Waals surface area contributed by atoms with Crippen molar-refractivity contribution >= 4 is 6.21 Å². The Hall–Kier alpha value is -0.590. The van der Waals surface area contributed by atoms with E-state index < -0.39 is 0 Å². The van der Waals surface area contributed by atoms with Gasteiger partial charge in [-0.2, -0.15) is 0 Å². The van der Waals surface area contributed by atoms with Crippen molar-refractivity contribution < 1.29 is 0 Å². The van der Waals surface area contributed by atoms with Crippen LogP contribution in [0.3, 0.4) is 0 Å². The number of allylic oxidation sites excluding steroid dienone is 2. The highest BCUT2D eigenvalue weighted by Crippen LogP contribution is 2.11. The minimum atomic E-state index is 0.553. The Bertz CT molecular complexity index is 143. The number of unbranched alkanes of at least 4 members (excludes halogenated alkanes) is 1. The smallest absolute Gasteiger partial charge is 0.0385 e. The van der Waals surface area contributed by atoms with E-state index >= 15 is 0 Å². The molecule has 1 heteroatoms. The molecular formula is C10H19N. The molecule has 0 heterocycles. The molecule has 0 saturated carbocycles. The van der Waals surface area contributed by atoms with Gasteiger partial charge >= 0.3 is 0 Å². The number of rotatable bonds is 4. The second-order valence-electron chi connectivity index (χ2n) is 2.96. The maximum absolute atomic E-state index is 4.30. The summed E-state index contributed by atoms with van der Waals surface area (Å²) in [5.41, 5.74) is 1.22. The standard InChI is InChI=1S/C10H19N/c1-5-7-8-10(9(3)4)11-6-2/h6,8-9H,5,7H2,1-4H3/b10-8-,11-6-. The van der Waals surface area contributed by atoms with Crippen molar-refractivity contribution in [3.8, 4) is 0 Å². The van der Waals surface area contributed by atoms with Crippen LogP contribution in [0.15, 0.2) is 16.8 Å². The fourth-order valence-electron chi connectivity index (χ4n) is 0.879. The number of nitrogens with zero attached hydrogens (tertiary/aromatic N) is 1. The molecule has 0 spiro atoms. The van der Waals surface area contributed by atoms with Gasteiger partial charge in [0.25, 0.3) is 0 Å². The molecule has 1 nitrogen and oxygen atoms in total. The van der Waals surface area contributed by atoms with E-state index in [2.05, 4.69) is 31.8 Å². The van der Waals surface area contributed by atoms with Gasteiger partial charge in [-0.25, -0.2) is 0 Å². The van der Waals surface area contributed by atoms with E-state index in [1.54, 1.807) is 0 Å². The van der Waals surface area contributed by atoms with Gasteiger partial charge in [-0.1, -0.05) is 33.3 Å². The summed E-state index contributed by atoms with van der Waals surface area (Å²) in [7, 11) is 0. The lowest BCUT2D eigenvalue weighted by Gasteiger charge is -2.04. The summed E-state index contributed by atoms with van der Waals surface area (Å²) in [4.78, 5) is 4.30. The molecule has 0 fully saturated rings. The highest BCUT2D eigenvalue weighted by Gasteiger charge is 1.97. The van der Waals surface area contributed by atoms with Crippen LogP contribution in [0, 0.1) is 5.92 Å². The van der Waals surface area contributed by atoms with Crippen LogP contribution in [-0.2, 0) is 0 Å². The van der Waals surface area contributed by atoms with Gasteiger partial charge in [0.05, 0.1) is 0 Å². The molecule has 64 valence electrons. The van der Waals surface area contributed by atoms with Gasteiger partial charge in [-0.3, -0.25) is 4.99 Å². The van der Waals surface area contributed by atoms with Gasteiger partial charge in [0, 0.05) is 11.9 Å². The molecule has 0 bridgehead atoms. The van der Waals surface area contributed by atoms with Gasteiger partial charge in [-0.15, -0.1) is 0 Å². The van der Waals surface area contributed by atoms with Crippen molar-refractivity contribution in [2.24, 2.45) is 10.9 Å². The summed E-state index contributed by atoms with van der Waals surface area (Å²) < 4.78 is 0. The summed E-state index contributed by atoms with van der Waals surface area (Å²) in [6, 6.07) is 0. The first-order valence-electron chi connectivity index (χ1n) is 4.41. The van der Waals surface area contributed by atoms with Crippen molar-refractivity contribution in [1.82, 2.24) is 0 Å². The Labute approximate surface area is 70.2 Å². The molecule has 0 unspecified atom stereocenters. The molecule has 0 aromatic carbocycles. The third kappa shape index (κ3) is 4.77. The van der Waals surface area contributed by atoms with E-state index in [0.717, 1.165) is 6.42 Å². The van der Waals surface area contributed by atoms with Crippen molar-refractivity contribution in [2.45, 2.75) is 40.5 Å². The van der Waals surface area contributed by atoms with Crippen LogP contribution in [-0.4, -0.2) is 6.21 Å². The normalized spacial score (nSPS) is 13.4. The molecule has 0 rings (SSSR count). The summed E-state index contributed by atoms with van der Waals surface area (Å²) >= 11 is 0. The number of hydrogen-bond donors (Lipinski definition) is 0. The molecule has 0 aliphatic rings. The van der Waals surface area contributed by atoms with E-state index in [0.29, 0.717) is 5.92 Å². The van der Waals surface area contributed by atoms with Gasteiger partial charge in [0.2, 0.25) is 0 Å². The molecule has 0 N–H and O–H groups in total. The number of hydrogen-bond acceptors (Lipinski definition) is 1. The molecule has 0 saturated heterocycles. The Morgan fingerprint density at radius 1 is 1.45 bits per heavy atom. The minimum Gasteiger partial charge on any atom is -0.266 e. The zero-order valence-corrected chi connectivity index (χ0v) is 8.09. The minimum absolute atomic E-state index is 0.553. The van der Waals surface area contributed by atoms with Crippen LogP contribution in [0.5, 0.6) is 0 Å². The lowest BCUT2D eigenvalue weighted by atomic mass is 10.1. The highest BCUT2D eigenvalue weighted by atomic mass is 14.7. The molecule has 0 aromatic heterocycles. The molecule has 11 heavy (non-hydrogen) atoms. The van der Waals surface area contributed by atoms with Crippen LogP contribution in [0.2, 0.25) is 0 Å². The van der Waals surface area contributed by atoms with E-state index in [1.165, 1.54) is 12.1 Å². The number of aliphatic imine (C=N–C) groups is 1. The van der Waals surface area contributed by atoms with E-state index in [-0.39, 0.29) is 0 Å². The largest absolute Gasteiger partial charge is 0.266 e. The molecule has 0 aliphatic carbocycles. The Morgan fingerprint density at radius 3 is 2.45 bits per heavy atom. The molecule has 0 atom stereocenters. The second kappa shape index (κ2) is 6.14. The Morgan fingerprint density at radius 2 is 2.09 bits per heavy atom. The molecular weight excluding hydrogens is 134 g/mol. The van der Waals surface area contributed by atoms with Crippen molar-refractivity contribution in [3.05, 3.63) is 11.8 Å². The molecule has 0 aliphatic heterocycles. The summed E-state index contributed by atoms with van der Waals surface area (Å²) in [5.74, 6) is 0.553. The maximum Gasteiger partial charge on any atom is 0.0385 e. The van der Waals surface area contributed by atoms with Crippen LogP contribution < -0.4 is 0 Å². The molecule has 0 amide bonds. The zero-order chi connectivity index (χ0) is 8.69. The first kappa shape index (κ1) is 10.4. The third-order valence-electron chi connectivity index (χ3n) is 1.51. The lowest BCUT2D eigenvalue weighted by Crippen LogP contribution is -1.90. The maximum atomic E-state index is 4.30. The van der Waals surface area contributed by atoms with E-state index in [9.17, 15) is 0 Å². The topological polar surface area (TPSA) is 12.4 Å². The van der Waals surface area contributed by atoms with Crippen LogP contribution in [0.1, 0.15) is 40.5 Å². The van der Waals surface area contributed by atoms with Crippen LogP contribution >= 0.6 is 0 Å². The quantitative estimate of drug-likeness (QED) is 0.549. The van der Waals surface area contributed by atoms with Crippen LogP contribution in [0.25, 0.3) is 0 Å². The SMILES string of the molecule is C/C=N\C(=C/CCC)C(C)C. The highest BCUT2D eigenvalue weighted by molar-refractivity contribution is 5.55. The van der Waals surface area contributed by atoms with Crippen molar-refractivity contribution in [2.75, 3.05) is 0 Å². The van der Waals surface area contributed by atoms with E-state index in [4.69, 9.17) is 0 Å². The van der Waals surface area contributed by atoms with Crippen molar-refractivity contribution in [3.63, 3.8) is 0 Å². The monoisotopic (exact) mass is 153 g/mol. The Kier molecular flexibility index (Phi) is 5.81. The lowest BCUT2D eigenvalue weighted by molar-refractivity contribution is 0.747. The summed E-state index contributed by atoms with van der Waals surface area (Å²) in [6.45, 7) is 8.50. The summed E-state index contributed by atoms with van der Waals surface area (Å²) in [6.07, 6.45) is 6.44. The van der Waals surface area contributed by atoms with Gasteiger partial charge in [0.15, 0.2) is 0 Å². The second-order valence-corrected chi connectivity index (χ2v) is 2.96. The average Bonchev–Trinajstić information content (AvgIpc) is 1.97. The predicted octanol–water partition coefficient (Wildman–Crippen LogP) is 3.42. The van der Waals surface area contributed by atoms with Crippen molar-refractivity contribution in [1.29, 1.82) is 0 Å². The van der Waals surface area contributed by atoms with E-state index in [1.807, 2.05) is 13.1 Å². The van der Waals surface area contributed by atoms with Gasteiger partial charge < -0.3 is 0 Å². The Balaban J connectivity index is 4.08. The molecule has 0 aromatic rings. The third-order valence-corrected chi connectivity index (χ3v) is 1.51. The fraction of sp³-hybridized carbons (Fsp3) is 0.700. The summed E-state index contributed by atoms with van der Waals surface area (Å²) in [5, 5.41) is 0.